The van der Waals surface area contributed by atoms with Crippen molar-refractivity contribution in [3.63, 3.8) is 0 Å². The molecular weight excluding hydrogens is 234 g/mol. The zero-order valence-corrected chi connectivity index (χ0v) is 10.3. The molecule has 3 nitrogen and oxygen atoms in total. The van der Waals surface area contributed by atoms with Crippen LogP contribution in [0.1, 0.15) is 0 Å². The van der Waals surface area contributed by atoms with Crippen LogP contribution in [0.4, 0.5) is 5.69 Å². The summed E-state index contributed by atoms with van der Waals surface area (Å²) in [4.78, 5) is 8.04. The third-order valence-corrected chi connectivity index (χ3v) is 3.06. The number of pyridine rings is 2. The van der Waals surface area contributed by atoms with Gasteiger partial charge < -0.3 is 5.73 Å². The van der Waals surface area contributed by atoms with Crippen molar-refractivity contribution in [1.82, 2.24) is 9.97 Å². The highest BCUT2D eigenvalue weighted by molar-refractivity contribution is 5.80. The van der Waals surface area contributed by atoms with Gasteiger partial charge in [0.2, 0.25) is 0 Å². The molecule has 3 rings (SSSR count). The highest BCUT2D eigenvalue weighted by Crippen LogP contribution is 2.29. The lowest BCUT2D eigenvalue weighted by Gasteiger charge is -2.08. The van der Waals surface area contributed by atoms with Crippen LogP contribution in [0, 0.1) is 0 Å². The van der Waals surface area contributed by atoms with Crippen LogP contribution >= 0.6 is 0 Å². The molecule has 0 aliphatic heterocycles. The zero-order chi connectivity index (χ0) is 13.1. The Morgan fingerprint density at radius 3 is 1.79 bits per heavy atom. The molecule has 0 radical (unpaired) electrons. The number of nitrogens with two attached hydrogens (primary N) is 1. The number of nitrogens with zero attached hydrogens (tertiary/aromatic N) is 2. The summed E-state index contributed by atoms with van der Waals surface area (Å²) in [6.07, 6.45) is 7.10. The number of benzene rings is 1. The predicted octanol–water partition coefficient (Wildman–Crippen LogP) is 3.39. The Hall–Kier alpha value is -2.68. The number of aromatic nitrogens is 2. The Balaban J connectivity index is 2.04. The van der Waals surface area contributed by atoms with Crippen LogP contribution in [0.15, 0.2) is 67.3 Å². The van der Waals surface area contributed by atoms with Crippen molar-refractivity contribution in [3.05, 3.63) is 67.3 Å². The first-order valence-corrected chi connectivity index (χ1v) is 6.05. The molecule has 0 aliphatic rings. The highest BCUT2D eigenvalue weighted by Gasteiger charge is 2.04. The van der Waals surface area contributed by atoms with E-state index in [1.807, 2.05) is 36.4 Å². The molecular formula is C16H13N3. The van der Waals surface area contributed by atoms with Crippen molar-refractivity contribution in [2.45, 2.75) is 0 Å². The van der Waals surface area contributed by atoms with Gasteiger partial charge in [0, 0.05) is 36.0 Å². The zero-order valence-electron chi connectivity index (χ0n) is 10.3. The van der Waals surface area contributed by atoms with E-state index in [0.29, 0.717) is 0 Å². The summed E-state index contributed by atoms with van der Waals surface area (Å²) in [6.45, 7) is 0. The maximum Gasteiger partial charge on any atom is 0.0399 e. The molecule has 92 valence electrons. The van der Waals surface area contributed by atoms with Crippen molar-refractivity contribution in [3.8, 4) is 22.3 Å². The lowest BCUT2D eigenvalue weighted by atomic mass is 10.00. The Morgan fingerprint density at radius 1 is 0.632 bits per heavy atom. The van der Waals surface area contributed by atoms with E-state index >= 15 is 0 Å². The molecule has 19 heavy (non-hydrogen) atoms. The summed E-state index contributed by atoms with van der Waals surface area (Å²) in [5.41, 5.74) is 11.2. The number of hydrogen-bond acceptors (Lipinski definition) is 3. The topological polar surface area (TPSA) is 51.8 Å². The molecule has 1 aromatic carbocycles. The van der Waals surface area contributed by atoms with Crippen molar-refractivity contribution < 1.29 is 0 Å². The molecule has 2 N–H and O–H groups in total. The maximum absolute atomic E-state index is 6.15. The summed E-state index contributed by atoms with van der Waals surface area (Å²) in [6, 6.07) is 14.0. The molecule has 2 aromatic heterocycles. The molecule has 0 saturated carbocycles. The minimum Gasteiger partial charge on any atom is -0.398 e. The maximum atomic E-state index is 6.15. The van der Waals surface area contributed by atoms with Gasteiger partial charge in [-0.1, -0.05) is 12.1 Å². The third-order valence-electron chi connectivity index (χ3n) is 3.06. The van der Waals surface area contributed by atoms with Crippen molar-refractivity contribution in [1.29, 1.82) is 0 Å². The molecule has 2 heterocycles. The van der Waals surface area contributed by atoms with E-state index in [9.17, 15) is 0 Å². The predicted molar refractivity (Wildman–Crippen MR) is 77.3 cm³/mol. The summed E-state index contributed by atoms with van der Waals surface area (Å²) < 4.78 is 0. The molecule has 0 fully saturated rings. The Kier molecular flexibility index (Phi) is 2.94. The Labute approximate surface area is 111 Å². The average Bonchev–Trinajstić information content (AvgIpc) is 2.49. The second-order valence-electron chi connectivity index (χ2n) is 4.27. The largest absolute Gasteiger partial charge is 0.398 e. The summed E-state index contributed by atoms with van der Waals surface area (Å²) in [5.74, 6) is 0. The van der Waals surface area contributed by atoms with Gasteiger partial charge in [-0.05, 0) is 47.0 Å². The van der Waals surface area contributed by atoms with Gasteiger partial charge in [0.05, 0.1) is 0 Å². The van der Waals surface area contributed by atoms with Crippen LogP contribution in [-0.2, 0) is 0 Å². The van der Waals surface area contributed by atoms with Crippen molar-refractivity contribution in [2.24, 2.45) is 0 Å². The van der Waals surface area contributed by atoms with Crippen LogP contribution in [0.25, 0.3) is 22.3 Å². The second-order valence-corrected chi connectivity index (χ2v) is 4.27. The van der Waals surface area contributed by atoms with E-state index in [1.165, 1.54) is 0 Å². The van der Waals surface area contributed by atoms with Gasteiger partial charge >= 0.3 is 0 Å². The van der Waals surface area contributed by atoms with Crippen molar-refractivity contribution >= 4 is 5.69 Å². The molecule has 0 spiro atoms. The first kappa shape index (κ1) is 11.4. The second kappa shape index (κ2) is 4.90. The molecule has 3 heteroatoms. The molecule has 0 saturated heterocycles. The molecule has 0 amide bonds. The van der Waals surface area contributed by atoms with E-state index in [2.05, 4.69) is 16.0 Å². The monoisotopic (exact) mass is 247 g/mol. The Morgan fingerprint density at radius 2 is 1.21 bits per heavy atom. The number of rotatable bonds is 2. The SMILES string of the molecule is Nc1cc(-c2ccncc2)ccc1-c1ccncc1. The molecule has 0 unspecified atom stereocenters. The summed E-state index contributed by atoms with van der Waals surface area (Å²) in [5, 5.41) is 0. The fourth-order valence-electron chi connectivity index (χ4n) is 2.08. The minimum atomic E-state index is 0.764. The van der Waals surface area contributed by atoms with E-state index in [-0.39, 0.29) is 0 Å². The minimum absolute atomic E-state index is 0.764. The summed E-state index contributed by atoms with van der Waals surface area (Å²) >= 11 is 0. The van der Waals surface area contributed by atoms with Crippen LogP contribution in [0.3, 0.4) is 0 Å². The van der Waals surface area contributed by atoms with Gasteiger partial charge in [-0.25, -0.2) is 0 Å². The first-order chi connectivity index (χ1) is 9.34. The van der Waals surface area contributed by atoms with Crippen LogP contribution in [0.5, 0.6) is 0 Å². The fourth-order valence-corrected chi connectivity index (χ4v) is 2.08. The highest BCUT2D eigenvalue weighted by atomic mass is 14.6. The number of anilines is 1. The normalized spacial score (nSPS) is 10.3. The summed E-state index contributed by atoms with van der Waals surface area (Å²) in [7, 11) is 0. The van der Waals surface area contributed by atoms with Crippen LogP contribution < -0.4 is 5.73 Å². The van der Waals surface area contributed by atoms with Gasteiger partial charge in [0.15, 0.2) is 0 Å². The van der Waals surface area contributed by atoms with E-state index in [0.717, 1.165) is 27.9 Å². The van der Waals surface area contributed by atoms with Gasteiger partial charge in [0.25, 0.3) is 0 Å². The van der Waals surface area contributed by atoms with E-state index in [4.69, 9.17) is 5.73 Å². The lowest BCUT2D eigenvalue weighted by molar-refractivity contribution is 1.33. The van der Waals surface area contributed by atoms with Gasteiger partial charge in [-0.3, -0.25) is 9.97 Å². The molecule has 0 bridgehead atoms. The van der Waals surface area contributed by atoms with Gasteiger partial charge in [-0.2, -0.15) is 0 Å². The molecule has 3 aromatic rings. The van der Waals surface area contributed by atoms with Crippen LogP contribution in [0.2, 0.25) is 0 Å². The number of nitrogen functional groups attached to an aromatic ring is 1. The fraction of sp³-hybridized carbons (Fsp3) is 0. The quantitative estimate of drug-likeness (QED) is 0.706. The van der Waals surface area contributed by atoms with E-state index in [1.54, 1.807) is 24.8 Å². The molecule has 0 atom stereocenters. The number of hydrogen-bond donors (Lipinski definition) is 1. The lowest BCUT2D eigenvalue weighted by Crippen LogP contribution is -1.91. The van der Waals surface area contributed by atoms with Gasteiger partial charge in [-0.15, -0.1) is 0 Å². The van der Waals surface area contributed by atoms with Gasteiger partial charge in [0.1, 0.15) is 0 Å². The standard InChI is InChI=1S/C16H13N3/c17-16-11-14(12-3-7-18-8-4-12)1-2-15(16)13-5-9-19-10-6-13/h1-11H,17H2. The van der Waals surface area contributed by atoms with Crippen molar-refractivity contribution in [2.75, 3.05) is 5.73 Å². The third kappa shape index (κ3) is 2.31. The average molecular weight is 247 g/mol. The van der Waals surface area contributed by atoms with E-state index < -0.39 is 0 Å². The smallest absolute Gasteiger partial charge is 0.0399 e. The molecule has 0 aliphatic carbocycles. The Bertz CT molecular complexity index is 679. The van der Waals surface area contributed by atoms with Crippen LogP contribution in [-0.4, -0.2) is 9.97 Å². The first-order valence-electron chi connectivity index (χ1n) is 6.05.